The molecule has 2 rings (SSSR count). The maximum absolute atomic E-state index is 11.5. The van der Waals surface area contributed by atoms with Gasteiger partial charge in [0.2, 0.25) is 5.91 Å². The molecule has 0 aromatic carbocycles. The first-order chi connectivity index (χ1) is 9.63. The first-order valence-electron chi connectivity index (χ1n) is 7.42. The van der Waals surface area contributed by atoms with Crippen LogP contribution >= 0.6 is 0 Å². The van der Waals surface area contributed by atoms with Crippen molar-refractivity contribution in [1.82, 2.24) is 15.3 Å². The standard InChI is InChI=1S/C15H24N4O/c1-4-5-13-9-17-11(2)18-15(13)19-7-6-12(10-19)8-14(20)16-3/h9,12H,4-8,10H2,1-3H3,(H,16,20). The normalized spacial score (nSPS) is 18.4. The molecule has 1 aliphatic rings. The first-order valence-corrected chi connectivity index (χ1v) is 7.42. The lowest BCUT2D eigenvalue weighted by Crippen LogP contribution is -2.25. The summed E-state index contributed by atoms with van der Waals surface area (Å²) in [4.78, 5) is 22.7. The number of amides is 1. The van der Waals surface area contributed by atoms with Gasteiger partial charge in [-0.05, 0) is 25.7 Å². The van der Waals surface area contributed by atoms with Crippen molar-refractivity contribution in [2.75, 3.05) is 25.0 Å². The highest BCUT2D eigenvalue weighted by atomic mass is 16.1. The molecule has 1 fully saturated rings. The molecule has 20 heavy (non-hydrogen) atoms. The van der Waals surface area contributed by atoms with Gasteiger partial charge in [-0.1, -0.05) is 13.3 Å². The number of aryl methyl sites for hydroxylation is 2. The Balaban J connectivity index is 2.09. The average Bonchev–Trinajstić information content (AvgIpc) is 2.89. The highest BCUT2D eigenvalue weighted by Crippen LogP contribution is 2.27. The molecule has 1 aromatic rings. The molecule has 1 unspecified atom stereocenters. The number of carbonyl (C=O) groups is 1. The number of hydrogen-bond donors (Lipinski definition) is 1. The zero-order valence-electron chi connectivity index (χ0n) is 12.6. The lowest BCUT2D eigenvalue weighted by molar-refractivity contribution is -0.121. The largest absolute Gasteiger partial charge is 0.359 e. The van der Waals surface area contributed by atoms with E-state index in [0.717, 1.165) is 44.0 Å². The van der Waals surface area contributed by atoms with E-state index in [9.17, 15) is 4.79 Å². The van der Waals surface area contributed by atoms with E-state index in [1.807, 2.05) is 13.1 Å². The molecule has 1 aromatic heterocycles. The Labute approximate surface area is 120 Å². The van der Waals surface area contributed by atoms with E-state index in [1.54, 1.807) is 7.05 Å². The van der Waals surface area contributed by atoms with Crippen LogP contribution in [0.2, 0.25) is 0 Å². The Bertz CT molecular complexity index is 475. The van der Waals surface area contributed by atoms with Gasteiger partial charge in [-0.15, -0.1) is 0 Å². The number of nitrogens with zero attached hydrogens (tertiary/aromatic N) is 3. The Morgan fingerprint density at radius 2 is 2.35 bits per heavy atom. The molecule has 5 nitrogen and oxygen atoms in total. The fourth-order valence-corrected chi connectivity index (χ4v) is 2.76. The molecule has 1 amide bonds. The van der Waals surface area contributed by atoms with Gasteiger partial charge in [-0.3, -0.25) is 4.79 Å². The third kappa shape index (κ3) is 3.46. The van der Waals surface area contributed by atoms with Crippen LogP contribution < -0.4 is 10.2 Å². The third-order valence-corrected chi connectivity index (χ3v) is 3.82. The SMILES string of the molecule is CCCc1cnc(C)nc1N1CCC(CC(=O)NC)C1. The predicted octanol–water partition coefficient (Wildman–Crippen LogP) is 1.70. The molecule has 110 valence electrons. The second-order valence-electron chi connectivity index (χ2n) is 5.49. The molecule has 2 heterocycles. The van der Waals surface area contributed by atoms with Crippen LogP contribution in [0.5, 0.6) is 0 Å². The molecule has 0 aliphatic carbocycles. The van der Waals surface area contributed by atoms with Gasteiger partial charge in [-0.25, -0.2) is 9.97 Å². The minimum absolute atomic E-state index is 0.129. The summed E-state index contributed by atoms with van der Waals surface area (Å²) >= 11 is 0. The topological polar surface area (TPSA) is 58.1 Å². The third-order valence-electron chi connectivity index (χ3n) is 3.82. The Morgan fingerprint density at radius 3 is 3.05 bits per heavy atom. The van der Waals surface area contributed by atoms with E-state index in [2.05, 4.69) is 27.1 Å². The van der Waals surface area contributed by atoms with E-state index in [1.165, 1.54) is 5.56 Å². The number of hydrogen-bond acceptors (Lipinski definition) is 4. The number of aromatic nitrogens is 2. The molecule has 0 saturated carbocycles. The summed E-state index contributed by atoms with van der Waals surface area (Å²) in [6, 6.07) is 0. The van der Waals surface area contributed by atoms with Gasteiger partial charge in [0, 0.05) is 38.3 Å². The minimum atomic E-state index is 0.129. The second-order valence-corrected chi connectivity index (χ2v) is 5.49. The predicted molar refractivity (Wildman–Crippen MR) is 79.8 cm³/mol. The molecule has 1 atom stereocenters. The van der Waals surface area contributed by atoms with Crippen LogP contribution in [0.4, 0.5) is 5.82 Å². The molecule has 0 spiro atoms. The van der Waals surface area contributed by atoms with E-state index in [0.29, 0.717) is 12.3 Å². The molecule has 5 heteroatoms. The van der Waals surface area contributed by atoms with Gasteiger partial charge in [0.05, 0.1) is 0 Å². The summed E-state index contributed by atoms with van der Waals surface area (Å²) in [6.07, 6.45) is 5.72. The van der Waals surface area contributed by atoms with Crippen molar-refractivity contribution in [1.29, 1.82) is 0 Å². The Kier molecular flexibility index (Phi) is 4.93. The monoisotopic (exact) mass is 276 g/mol. The zero-order valence-corrected chi connectivity index (χ0v) is 12.6. The van der Waals surface area contributed by atoms with Gasteiger partial charge in [-0.2, -0.15) is 0 Å². The fraction of sp³-hybridized carbons (Fsp3) is 0.667. The quantitative estimate of drug-likeness (QED) is 0.889. The molecular formula is C15H24N4O. The lowest BCUT2D eigenvalue weighted by Gasteiger charge is -2.20. The van der Waals surface area contributed by atoms with Crippen LogP contribution in [0.15, 0.2) is 6.20 Å². The van der Waals surface area contributed by atoms with Gasteiger partial charge >= 0.3 is 0 Å². The maximum Gasteiger partial charge on any atom is 0.220 e. The highest BCUT2D eigenvalue weighted by molar-refractivity contribution is 5.76. The summed E-state index contributed by atoms with van der Waals surface area (Å²) in [7, 11) is 1.70. The Morgan fingerprint density at radius 1 is 1.55 bits per heavy atom. The maximum atomic E-state index is 11.5. The van der Waals surface area contributed by atoms with Crippen molar-refractivity contribution in [3.05, 3.63) is 17.6 Å². The number of nitrogens with one attached hydrogen (secondary N) is 1. The van der Waals surface area contributed by atoms with Crippen LogP contribution in [-0.4, -0.2) is 36.0 Å². The molecule has 1 N–H and O–H groups in total. The van der Waals surface area contributed by atoms with Crippen molar-refractivity contribution >= 4 is 11.7 Å². The molecular weight excluding hydrogens is 252 g/mol. The molecule has 0 bridgehead atoms. The first kappa shape index (κ1) is 14.8. The van der Waals surface area contributed by atoms with Crippen molar-refractivity contribution in [3.8, 4) is 0 Å². The van der Waals surface area contributed by atoms with Crippen molar-refractivity contribution < 1.29 is 4.79 Å². The number of rotatable bonds is 5. The fourth-order valence-electron chi connectivity index (χ4n) is 2.76. The Hall–Kier alpha value is -1.65. The van der Waals surface area contributed by atoms with Crippen LogP contribution in [0.25, 0.3) is 0 Å². The van der Waals surface area contributed by atoms with Crippen molar-refractivity contribution in [2.24, 2.45) is 5.92 Å². The lowest BCUT2D eigenvalue weighted by atomic mass is 10.0. The van der Waals surface area contributed by atoms with Crippen LogP contribution in [0.3, 0.4) is 0 Å². The van der Waals surface area contributed by atoms with Gasteiger partial charge in [0.1, 0.15) is 11.6 Å². The van der Waals surface area contributed by atoms with Crippen LogP contribution in [0, 0.1) is 12.8 Å². The van der Waals surface area contributed by atoms with E-state index in [-0.39, 0.29) is 5.91 Å². The zero-order chi connectivity index (χ0) is 14.5. The molecule has 1 saturated heterocycles. The number of anilines is 1. The van der Waals surface area contributed by atoms with Crippen molar-refractivity contribution in [2.45, 2.75) is 39.5 Å². The van der Waals surface area contributed by atoms with E-state index in [4.69, 9.17) is 0 Å². The average molecular weight is 276 g/mol. The summed E-state index contributed by atoms with van der Waals surface area (Å²) in [5, 5.41) is 2.70. The smallest absolute Gasteiger partial charge is 0.220 e. The summed E-state index contributed by atoms with van der Waals surface area (Å²) < 4.78 is 0. The summed E-state index contributed by atoms with van der Waals surface area (Å²) in [5.41, 5.74) is 1.22. The molecule has 1 aliphatic heterocycles. The summed E-state index contributed by atoms with van der Waals surface area (Å²) in [6.45, 7) is 5.99. The van der Waals surface area contributed by atoms with Gasteiger partial charge in [0.15, 0.2) is 0 Å². The van der Waals surface area contributed by atoms with E-state index < -0.39 is 0 Å². The highest BCUT2D eigenvalue weighted by Gasteiger charge is 2.26. The summed E-state index contributed by atoms with van der Waals surface area (Å²) in [5.74, 6) is 2.44. The van der Waals surface area contributed by atoms with Crippen LogP contribution in [-0.2, 0) is 11.2 Å². The molecule has 0 radical (unpaired) electrons. The van der Waals surface area contributed by atoms with Gasteiger partial charge in [0.25, 0.3) is 0 Å². The van der Waals surface area contributed by atoms with E-state index >= 15 is 0 Å². The van der Waals surface area contributed by atoms with Crippen molar-refractivity contribution in [3.63, 3.8) is 0 Å². The second kappa shape index (κ2) is 6.68. The van der Waals surface area contributed by atoms with Crippen LogP contribution in [0.1, 0.15) is 37.6 Å². The van der Waals surface area contributed by atoms with Gasteiger partial charge < -0.3 is 10.2 Å². The minimum Gasteiger partial charge on any atom is -0.359 e. The number of carbonyl (C=O) groups excluding carboxylic acids is 1.